The van der Waals surface area contributed by atoms with Crippen molar-refractivity contribution in [2.45, 2.75) is 0 Å². The van der Waals surface area contributed by atoms with Crippen molar-refractivity contribution in [2.75, 3.05) is 11.5 Å². The van der Waals surface area contributed by atoms with Crippen molar-refractivity contribution in [3.05, 3.63) is 69.8 Å². The van der Waals surface area contributed by atoms with Gasteiger partial charge in [-0.3, -0.25) is 19.7 Å². The average molecular weight is 316 g/mol. The molecule has 0 fully saturated rings. The molecule has 7 heteroatoms. The van der Waals surface area contributed by atoms with Gasteiger partial charge in [0.25, 0.3) is 5.69 Å². The number of thioether (sulfide) groups is 1. The van der Waals surface area contributed by atoms with E-state index < -0.39 is 4.92 Å². The molecule has 0 saturated carbocycles. The minimum Gasteiger partial charge on any atom is -0.398 e. The van der Waals surface area contributed by atoms with Crippen LogP contribution in [0.15, 0.2) is 48.5 Å². The normalized spacial score (nSPS) is 10.2. The van der Waals surface area contributed by atoms with Gasteiger partial charge in [-0.15, -0.1) is 0 Å². The van der Waals surface area contributed by atoms with Crippen LogP contribution in [0.4, 0.5) is 11.4 Å². The van der Waals surface area contributed by atoms with E-state index in [1.807, 2.05) is 0 Å². The molecule has 0 saturated heterocycles. The van der Waals surface area contributed by atoms with Gasteiger partial charge in [-0.05, 0) is 12.1 Å². The number of nitrogen functional groups attached to an aromatic ring is 1. The van der Waals surface area contributed by atoms with Crippen LogP contribution in [-0.2, 0) is 0 Å². The van der Waals surface area contributed by atoms with Crippen LogP contribution in [0, 0.1) is 10.1 Å². The maximum Gasteiger partial charge on any atom is 0.270 e. The highest BCUT2D eigenvalue weighted by Crippen LogP contribution is 2.20. The lowest BCUT2D eigenvalue weighted by Gasteiger charge is -2.04. The number of non-ortho nitro benzene ring substituents is 1. The zero-order valence-electron chi connectivity index (χ0n) is 11.4. The minimum atomic E-state index is -0.570. The van der Waals surface area contributed by atoms with Crippen LogP contribution in [0.2, 0.25) is 0 Å². The summed E-state index contributed by atoms with van der Waals surface area (Å²) in [7, 11) is 0. The zero-order valence-corrected chi connectivity index (χ0v) is 12.2. The number of nitrogens with two attached hydrogens (primary N) is 1. The Morgan fingerprint density at radius 1 is 1.14 bits per heavy atom. The van der Waals surface area contributed by atoms with E-state index in [0.717, 1.165) is 11.8 Å². The number of para-hydroxylation sites is 1. The Balaban J connectivity index is 2.04. The maximum atomic E-state index is 12.0. The van der Waals surface area contributed by atoms with E-state index in [2.05, 4.69) is 0 Å². The predicted molar refractivity (Wildman–Crippen MR) is 85.1 cm³/mol. The molecule has 0 aliphatic carbocycles. The van der Waals surface area contributed by atoms with Gasteiger partial charge in [-0.1, -0.05) is 36.0 Å². The van der Waals surface area contributed by atoms with E-state index >= 15 is 0 Å². The third kappa shape index (κ3) is 3.70. The van der Waals surface area contributed by atoms with E-state index in [1.54, 1.807) is 24.3 Å². The summed E-state index contributed by atoms with van der Waals surface area (Å²) in [5.74, 6) is -0.453. The second-order valence-corrected chi connectivity index (χ2v) is 5.34. The molecular weight excluding hydrogens is 304 g/mol. The van der Waals surface area contributed by atoms with Crippen LogP contribution < -0.4 is 5.73 Å². The van der Waals surface area contributed by atoms with Gasteiger partial charge in [0, 0.05) is 23.4 Å². The largest absolute Gasteiger partial charge is 0.398 e. The molecule has 0 atom stereocenters. The summed E-state index contributed by atoms with van der Waals surface area (Å²) >= 11 is 0.823. The Kier molecular flexibility index (Phi) is 4.90. The van der Waals surface area contributed by atoms with Crippen LogP contribution in [0.1, 0.15) is 20.7 Å². The molecule has 0 bridgehead atoms. The number of nitro benzene ring substituents is 1. The number of carbonyl (C=O) groups is 2. The smallest absolute Gasteiger partial charge is 0.270 e. The van der Waals surface area contributed by atoms with Crippen LogP contribution in [-0.4, -0.2) is 21.6 Å². The Bertz CT molecular complexity index is 746. The van der Waals surface area contributed by atoms with E-state index in [4.69, 9.17) is 5.73 Å². The summed E-state index contributed by atoms with van der Waals surface area (Å²) in [5.41, 5.74) is 6.44. The molecule has 22 heavy (non-hydrogen) atoms. The number of benzene rings is 2. The first-order valence-corrected chi connectivity index (χ1v) is 7.27. The number of ketones is 1. The quantitative estimate of drug-likeness (QED) is 0.394. The number of carbonyl (C=O) groups excluding carboxylic acids is 2. The third-order valence-corrected chi connectivity index (χ3v) is 3.78. The van der Waals surface area contributed by atoms with Gasteiger partial charge in [-0.2, -0.15) is 0 Å². The van der Waals surface area contributed by atoms with Crippen molar-refractivity contribution < 1.29 is 14.5 Å². The number of anilines is 1. The van der Waals surface area contributed by atoms with Gasteiger partial charge in [0.15, 0.2) is 5.78 Å². The van der Waals surface area contributed by atoms with Crippen LogP contribution in [0.25, 0.3) is 0 Å². The molecule has 2 N–H and O–H groups in total. The van der Waals surface area contributed by atoms with Gasteiger partial charge in [0.05, 0.1) is 16.2 Å². The summed E-state index contributed by atoms with van der Waals surface area (Å²) < 4.78 is 0. The molecule has 2 rings (SSSR count). The Morgan fingerprint density at radius 3 is 2.55 bits per heavy atom. The molecule has 0 unspecified atom stereocenters. The first kappa shape index (κ1) is 15.7. The van der Waals surface area contributed by atoms with Crippen molar-refractivity contribution in [1.29, 1.82) is 0 Å². The second-order valence-electron chi connectivity index (χ2n) is 4.39. The van der Waals surface area contributed by atoms with Crippen LogP contribution >= 0.6 is 11.8 Å². The number of nitro groups is 1. The molecule has 0 spiro atoms. The lowest BCUT2D eigenvalue weighted by molar-refractivity contribution is -0.384. The summed E-state index contributed by atoms with van der Waals surface area (Å²) in [5, 5.41) is 10.4. The number of hydrogen-bond donors (Lipinski definition) is 1. The molecule has 2 aromatic rings. The maximum absolute atomic E-state index is 12.0. The summed E-state index contributed by atoms with van der Waals surface area (Å²) in [6.07, 6.45) is 0. The first-order valence-electron chi connectivity index (χ1n) is 6.28. The molecular formula is C15H12N2O4S. The lowest BCUT2D eigenvalue weighted by Crippen LogP contribution is -2.07. The van der Waals surface area contributed by atoms with Gasteiger partial charge in [0.1, 0.15) is 0 Å². The third-order valence-electron chi connectivity index (χ3n) is 2.89. The lowest BCUT2D eigenvalue weighted by atomic mass is 10.1. The highest BCUT2D eigenvalue weighted by molar-refractivity contribution is 8.14. The number of hydrogen-bond acceptors (Lipinski definition) is 6. The molecule has 0 aromatic heterocycles. The van der Waals surface area contributed by atoms with Gasteiger partial charge >= 0.3 is 0 Å². The van der Waals surface area contributed by atoms with Gasteiger partial charge < -0.3 is 5.73 Å². The van der Waals surface area contributed by atoms with E-state index in [-0.39, 0.29) is 27.9 Å². The fraction of sp³-hybridized carbons (Fsp3) is 0.0667. The molecule has 0 aliphatic heterocycles. The van der Waals surface area contributed by atoms with Crippen molar-refractivity contribution >= 4 is 34.0 Å². The van der Waals surface area contributed by atoms with Crippen molar-refractivity contribution in [1.82, 2.24) is 0 Å². The van der Waals surface area contributed by atoms with Crippen LogP contribution in [0.5, 0.6) is 0 Å². The molecule has 112 valence electrons. The molecule has 6 nitrogen and oxygen atoms in total. The number of nitrogens with zero attached hydrogens (tertiary/aromatic N) is 1. The molecule has 0 amide bonds. The molecule has 0 radical (unpaired) electrons. The monoisotopic (exact) mass is 316 g/mol. The number of Topliss-reactive ketones (excluding diaryl/α,β-unsaturated/α-hetero) is 1. The van der Waals surface area contributed by atoms with Gasteiger partial charge in [-0.25, -0.2) is 0 Å². The van der Waals surface area contributed by atoms with E-state index in [1.165, 1.54) is 24.3 Å². The summed E-state index contributed by atoms with van der Waals surface area (Å²) in [6, 6.07) is 12.0. The standard InChI is InChI=1S/C15H12N2O4S/c16-13-7-2-1-6-12(13)15(19)22-9-14(18)10-4-3-5-11(8-10)17(20)21/h1-8H,9,16H2. The van der Waals surface area contributed by atoms with E-state index in [0.29, 0.717) is 11.3 Å². The fourth-order valence-corrected chi connectivity index (χ4v) is 2.54. The Labute approximate surface area is 130 Å². The highest BCUT2D eigenvalue weighted by atomic mass is 32.2. The van der Waals surface area contributed by atoms with Gasteiger partial charge in [0.2, 0.25) is 5.12 Å². The van der Waals surface area contributed by atoms with Crippen molar-refractivity contribution in [3.63, 3.8) is 0 Å². The molecule has 0 aliphatic rings. The SMILES string of the molecule is Nc1ccccc1C(=O)SCC(=O)c1cccc([N+](=O)[O-])c1. The predicted octanol–water partition coefficient (Wildman–Crippen LogP) is 2.93. The van der Waals surface area contributed by atoms with E-state index in [9.17, 15) is 19.7 Å². The fourth-order valence-electron chi connectivity index (χ4n) is 1.77. The Morgan fingerprint density at radius 2 is 1.86 bits per heavy atom. The van der Waals surface area contributed by atoms with Crippen molar-refractivity contribution in [2.24, 2.45) is 0 Å². The minimum absolute atomic E-state index is 0.103. The number of rotatable bonds is 5. The average Bonchev–Trinajstić information content (AvgIpc) is 2.52. The molecule has 2 aromatic carbocycles. The first-order chi connectivity index (χ1) is 10.5. The zero-order chi connectivity index (χ0) is 16.1. The summed E-state index contributed by atoms with van der Waals surface area (Å²) in [4.78, 5) is 34.1. The molecule has 0 heterocycles. The topological polar surface area (TPSA) is 103 Å². The van der Waals surface area contributed by atoms with Crippen molar-refractivity contribution in [3.8, 4) is 0 Å². The Hall–Kier alpha value is -2.67. The van der Waals surface area contributed by atoms with Crippen LogP contribution in [0.3, 0.4) is 0 Å². The highest BCUT2D eigenvalue weighted by Gasteiger charge is 2.15. The summed E-state index contributed by atoms with van der Waals surface area (Å²) in [6.45, 7) is 0. The second kappa shape index (κ2) is 6.86.